The first-order valence-electron chi connectivity index (χ1n) is 13.3. The Morgan fingerprint density at radius 3 is 2.13 bits per heavy atom. The van der Waals surface area contributed by atoms with Gasteiger partial charge in [-0.05, 0) is 35.8 Å². The Bertz CT molecular complexity index is 1110. The largest absolute Gasteiger partial charge is 0.480 e. The molecule has 10 nitrogen and oxygen atoms in total. The number of amides is 3. The summed E-state index contributed by atoms with van der Waals surface area (Å²) in [6.07, 6.45) is 2.98. The van der Waals surface area contributed by atoms with Crippen molar-refractivity contribution in [3.8, 4) is 0 Å². The molecule has 1 heterocycles. The molecule has 0 saturated heterocycles. The van der Waals surface area contributed by atoms with Crippen LogP contribution in [0.1, 0.15) is 59.9 Å². The molecule has 2 rings (SSSR count). The molecule has 3 amide bonds. The number of fused-ring (bicyclic) bond motifs is 1. The van der Waals surface area contributed by atoms with E-state index in [4.69, 9.17) is 5.73 Å². The number of aliphatic carboxylic acids is 1. The molecular formula is C28H43N5O5. The van der Waals surface area contributed by atoms with Gasteiger partial charge in [-0.15, -0.1) is 0 Å². The number of rotatable bonds is 14. The lowest BCUT2D eigenvalue weighted by molar-refractivity contribution is -0.144. The predicted octanol–water partition coefficient (Wildman–Crippen LogP) is 2.32. The fraction of sp³-hybridized carbons (Fsp3) is 0.571. The quantitative estimate of drug-likeness (QED) is 0.220. The minimum Gasteiger partial charge on any atom is -0.480 e. The van der Waals surface area contributed by atoms with E-state index < -0.39 is 47.9 Å². The van der Waals surface area contributed by atoms with E-state index in [2.05, 4.69) is 20.9 Å². The molecule has 0 fully saturated rings. The van der Waals surface area contributed by atoms with E-state index in [0.29, 0.717) is 12.8 Å². The number of carboxylic acid groups (broad SMARTS) is 1. The van der Waals surface area contributed by atoms with Crippen LogP contribution in [-0.4, -0.2) is 57.9 Å². The third-order valence-corrected chi connectivity index (χ3v) is 6.82. The number of H-pyrrole nitrogens is 1. The highest BCUT2D eigenvalue weighted by Crippen LogP contribution is 2.20. The molecule has 5 unspecified atom stereocenters. The van der Waals surface area contributed by atoms with Crippen molar-refractivity contribution >= 4 is 34.6 Å². The van der Waals surface area contributed by atoms with E-state index in [1.165, 1.54) is 0 Å². The number of nitrogens with one attached hydrogen (secondary N) is 4. The molecule has 0 aliphatic rings. The Hall–Kier alpha value is -3.40. The summed E-state index contributed by atoms with van der Waals surface area (Å²) in [4.78, 5) is 54.5. The van der Waals surface area contributed by atoms with Gasteiger partial charge >= 0.3 is 5.97 Å². The van der Waals surface area contributed by atoms with Crippen LogP contribution in [0.3, 0.4) is 0 Å². The summed E-state index contributed by atoms with van der Waals surface area (Å²) < 4.78 is 0. The van der Waals surface area contributed by atoms with Crippen LogP contribution in [0.4, 0.5) is 0 Å². The lowest BCUT2D eigenvalue weighted by atomic mass is 9.96. The summed E-state index contributed by atoms with van der Waals surface area (Å²) in [6.45, 7) is 11.0. The van der Waals surface area contributed by atoms with Crippen LogP contribution in [0.15, 0.2) is 30.5 Å². The summed E-state index contributed by atoms with van der Waals surface area (Å²) in [5.74, 6) is -3.16. The molecule has 1 aromatic carbocycles. The third kappa shape index (κ3) is 8.31. The van der Waals surface area contributed by atoms with Gasteiger partial charge < -0.3 is 31.8 Å². The zero-order chi connectivity index (χ0) is 28.6. The van der Waals surface area contributed by atoms with Gasteiger partial charge in [-0.3, -0.25) is 14.4 Å². The third-order valence-electron chi connectivity index (χ3n) is 6.82. The highest BCUT2D eigenvalue weighted by molar-refractivity contribution is 5.95. The number of hydrogen-bond donors (Lipinski definition) is 6. The van der Waals surface area contributed by atoms with Crippen LogP contribution in [0, 0.1) is 17.8 Å². The molecule has 0 saturated carbocycles. The van der Waals surface area contributed by atoms with Crippen molar-refractivity contribution in [2.24, 2.45) is 23.5 Å². The fourth-order valence-corrected chi connectivity index (χ4v) is 4.34. The van der Waals surface area contributed by atoms with Gasteiger partial charge in [-0.1, -0.05) is 66.2 Å². The summed E-state index contributed by atoms with van der Waals surface area (Å²) in [5.41, 5.74) is 7.81. The van der Waals surface area contributed by atoms with Gasteiger partial charge in [0.1, 0.15) is 18.1 Å². The molecule has 2 aromatic rings. The fourth-order valence-electron chi connectivity index (χ4n) is 4.34. The molecule has 5 atom stereocenters. The standard InChI is InChI=1S/C28H43N5O5/c1-7-17(6)24(28(37)38)33-27(36)23(16(4)5)32-26(35)22(31-25(34)20(29)12-15(2)3)13-18-14-30-21-11-9-8-10-19(18)21/h8-11,14-17,20,22-24,30H,7,12-13,29H2,1-6H3,(H,31,34)(H,32,35)(H,33,36)(H,37,38). The number of nitrogens with two attached hydrogens (primary N) is 1. The smallest absolute Gasteiger partial charge is 0.326 e. The Kier molecular flexibility index (Phi) is 11.3. The minimum absolute atomic E-state index is 0.174. The molecule has 1 aromatic heterocycles. The average Bonchev–Trinajstić information content (AvgIpc) is 3.26. The van der Waals surface area contributed by atoms with Gasteiger partial charge in [-0.25, -0.2) is 4.79 Å². The maximum absolute atomic E-state index is 13.5. The van der Waals surface area contributed by atoms with E-state index in [9.17, 15) is 24.3 Å². The molecule has 210 valence electrons. The zero-order valence-electron chi connectivity index (χ0n) is 23.2. The number of carboxylic acids is 1. The predicted molar refractivity (Wildman–Crippen MR) is 147 cm³/mol. The number of benzene rings is 1. The van der Waals surface area contributed by atoms with Crippen LogP contribution in [0.2, 0.25) is 0 Å². The molecule has 0 aliphatic carbocycles. The van der Waals surface area contributed by atoms with E-state index >= 15 is 0 Å². The number of carbonyl (C=O) groups is 4. The molecule has 0 spiro atoms. The second-order valence-corrected chi connectivity index (χ2v) is 10.8. The highest BCUT2D eigenvalue weighted by Gasteiger charge is 2.33. The summed E-state index contributed by atoms with van der Waals surface area (Å²) in [6, 6.07) is 3.76. The van der Waals surface area contributed by atoms with Crippen molar-refractivity contribution in [2.75, 3.05) is 0 Å². The maximum atomic E-state index is 13.5. The van der Waals surface area contributed by atoms with Crippen molar-refractivity contribution < 1.29 is 24.3 Å². The minimum atomic E-state index is -1.13. The van der Waals surface area contributed by atoms with Crippen molar-refractivity contribution in [1.82, 2.24) is 20.9 Å². The van der Waals surface area contributed by atoms with E-state index in [1.54, 1.807) is 27.0 Å². The van der Waals surface area contributed by atoms with Crippen LogP contribution in [-0.2, 0) is 25.6 Å². The maximum Gasteiger partial charge on any atom is 0.326 e. The first-order valence-corrected chi connectivity index (χ1v) is 13.3. The number of hydrogen-bond acceptors (Lipinski definition) is 5. The molecule has 0 aliphatic heterocycles. The number of aromatic amines is 1. The van der Waals surface area contributed by atoms with Crippen molar-refractivity contribution in [1.29, 1.82) is 0 Å². The first kappa shape index (κ1) is 30.8. The second kappa shape index (κ2) is 13.9. The van der Waals surface area contributed by atoms with Gasteiger partial charge in [0.05, 0.1) is 6.04 Å². The second-order valence-electron chi connectivity index (χ2n) is 10.8. The lowest BCUT2D eigenvalue weighted by Crippen LogP contribution is -2.59. The molecular weight excluding hydrogens is 486 g/mol. The summed E-state index contributed by atoms with van der Waals surface area (Å²) in [5, 5.41) is 18.6. The SMILES string of the molecule is CCC(C)C(NC(=O)C(NC(=O)C(Cc1c[nH]c2ccccc12)NC(=O)C(N)CC(C)C)C(C)C)C(=O)O. The molecule has 0 bridgehead atoms. The van der Waals surface area contributed by atoms with Crippen LogP contribution < -0.4 is 21.7 Å². The molecule has 38 heavy (non-hydrogen) atoms. The van der Waals surface area contributed by atoms with Gasteiger partial charge in [-0.2, -0.15) is 0 Å². The Balaban J connectivity index is 2.29. The number of aromatic nitrogens is 1. The van der Waals surface area contributed by atoms with Crippen molar-refractivity contribution in [3.63, 3.8) is 0 Å². The monoisotopic (exact) mass is 529 g/mol. The van der Waals surface area contributed by atoms with Gasteiger partial charge in [0.2, 0.25) is 17.7 Å². The van der Waals surface area contributed by atoms with Gasteiger partial charge in [0, 0.05) is 23.5 Å². The topological polar surface area (TPSA) is 166 Å². The molecule has 10 heteroatoms. The van der Waals surface area contributed by atoms with Crippen LogP contribution in [0.25, 0.3) is 10.9 Å². The highest BCUT2D eigenvalue weighted by atomic mass is 16.4. The van der Waals surface area contributed by atoms with E-state index in [0.717, 1.165) is 16.5 Å². The first-order chi connectivity index (χ1) is 17.8. The summed E-state index contributed by atoms with van der Waals surface area (Å²) >= 11 is 0. The molecule has 0 radical (unpaired) electrons. The van der Waals surface area contributed by atoms with Crippen LogP contribution in [0.5, 0.6) is 0 Å². The number of para-hydroxylation sites is 1. The van der Waals surface area contributed by atoms with Gasteiger partial charge in [0.15, 0.2) is 0 Å². The van der Waals surface area contributed by atoms with Crippen molar-refractivity contribution in [2.45, 2.75) is 85.0 Å². The summed E-state index contributed by atoms with van der Waals surface area (Å²) in [7, 11) is 0. The van der Waals surface area contributed by atoms with E-state index in [-0.39, 0.29) is 24.2 Å². The Labute approximate surface area is 224 Å². The average molecular weight is 530 g/mol. The van der Waals surface area contributed by atoms with Gasteiger partial charge in [0.25, 0.3) is 0 Å². The van der Waals surface area contributed by atoms with Crippen molar-refractivity contribution in [3.05, 3.63) is 36.0 Å². The van der Waals surface area contributed by atoms with Crippen LogP contribution >= 0.6 is 0 Å². The Morgan fingerprint density at radius 2 is 1.55 bits per heavy atom. The number of carbonyl (C=O) groups excluding carboxylic acids is 3. The zero-order valence-corrected chi connectivity index (χ0v) is 23.2. The van der Waals surface area contributed by atoms with E-state index in [1.807, 2.05) is 45.0 Å². The Morgan fingerprint density at radius 1 is 0.921 bits per heavy atom. The molecule has 7 N–H and O–H groups in total. The normalized spacial score (nSPS) is 15.5. The lowest BCUT2D eigenvalue weighted by Gasteiger charge is -2.28.